The number of amides is 1. The van der Waals surface area contributed by atoms with E-state index in [0.717, 1.165) is 30.7 Å². The van der Waals surface area contributed by atoms with Crippen molar-refractivity contribution in [3.05, 3.63) is 44.4 Å². The Labute approximate surface area is 137 Å². The van der Waals surface area contributed by atoms with Crippen LogP contribution in [-0.2, 0) is 6.42 Å². The van der Waals surface area contributed by atoms with Crippen LogP contribution in [0.1, 0.15) is 47.1 Å². The molecule has 0 bridgehead atoms. The summed E-state index contributed by atoms with van der Waals surface area (Å²) in [4.78, 5) is 22.9. The third kappa shape index (κ3) is 4.32. The summed E-state index contributed by atoms with van der Waals surface area (Å²) in [7, 11) is 0. The van der Waals surface area contributed by atoms with E-state index in [1.165, 1.54) is 17.4 Å². The fraction of sp³-hybridized carbons (Fsp3) is 0.400. The van der Waals surface area contributed by atoms with E-state index in [9.17, 15) is 14.9 Å². The number of hydrogen-bond donors (Lipinski definition) is 1. The van der Waals surface area contributed by atoms with E-state index in [2.05, 4.69) is 22.4 Å². The lowest BCUT2D eigenvalue weighted by Gasteiger charge is -2.04. The number of para-hydroxylation sites is 1. The summed E-state index contributed by atoms with van der Waals surface area (Å²) in [5, 5.41) is 22.9. The van der Waals surface area contributed by atoms with Crippen molar-refractivity contribution in [2.45, 2.75) is 39.5 Å². The van der Waals surface area contributed by atoms with Gasteiger partial charge in [0.1, 0.15) is 10.6 Å². The van der Waals surface area contributed by atoms with Gasteiger partial charge in [0.2, 0.25) is 5.13 Å². The van der Waals surface area contributed by atoms with Gasteiger partial charge in [-0.2, -0.15) is 0 Å². The average molecular weight is 334 g/mol. The maximum Gasteiger partial charge on any atom is 0.285 e. The second-order valence-electron chi connectivity index (χ2n) is 5.14. The largest absolute Gasteiger partial charge is 0.296 e. The fourth-order valence-corrected chi connectivity index (χ4v) is 2.96. The number of benzene rings is 1. The highest BCUT2D eigenvalue weighted by Gasteiger charge is 2.23. The molecule has 0 aliphatic rings. The maximum atomic E-state index is 12.3. The molecule has 1 N–H and O–H groups in total. The van der Waals surface area contributed by atoms with Crippen LogP contribution in [0.5, 0.6) is 0 Å². The molecule has 0 fully saturated rings. The number of nitro groups is 1. The molecule has 23 heavy (non-hydrogen) atoms. The van der Waals surface area contributed by atoms with Gasteiger partial charge in [-0.25, -0.2) is 0 Å². The Morgan fingerprint density at radius 1 is 1.35 bits per heavy atom. The van der Waals surface area contributed by atoms with Crippen LogP contribution in [0, 0.1) is 17.0 Å². The van der Waals surface area contributed by atoms with Gasteiger partial charge in [-0.15, -0.1) is 10.2 Å². The summed E-state index contributed by atoms with van der Waals surface area (Å²) in [6.07, 6.45) is 4.10. The second kappa shape index (κ2) is 7.77. The quantitative estimate of drug-likeness (QED) is 0.472. The number of nitrogens with zero attached hydrogens (tertiary/aromatic N) is 3. The van der Waals surface area contributed by atoms with Gasteiger partial charge in [-0.1, -0.05) is 43.2 Å². The minimum Gasteiger partial charge on any atom is -0.296 e. The number of hydrogen-bond acceptors (Lipinski definition) is 6. The summed E-state index contributed by atoms with van der Waals surface area (Å²) in [5.74, 6) is -0.545. The molecule has 7 nitrogen and oxygen atoms in total. The smallest absolute Gasteiger partial charge is 0.285 e. The zero-order chi connectivity index (χ0) is 16.8. The first-order valence-electron chi connectivity index (χ1n) is 7.40. The van der Waals surface area contributed by atoms with Crippen LogP contribution in [0.25, 0.3) is 0 Å². The van der Waals surface area contributed by atoms with Crippen molar-refractivity contribution in [1.29, 1.82) is 0 Å². The van der Waals surface area contributed by atoms with E-state index >= 15 is 0 Å². The van der Waals surface area contributed by atoms with Crippen molar-refractivity contribution in [3.63, 3.8) is 0 Å². The third-order valence-electron chi connectivity index (χ3n) is 3.35. The third-order valence-corrected chi connectivity index (χ3v) is 4.24. The number of aryl methyl sites for hydroxylation is 2. The van der Waals surface area contributed by atoms with E-state index in [0.29, 0.717) is 10.7 Å². The summed E-state index contributed by atoms with van der Waals surface area (Å²) >= 11 is 1.30. The van der Waals surface area contributed by atoms with Crippen molar-refractivity contribution >= 4 is 28.1 Å². The Kier molecular flexibility index (Phi) is 5.75. The molecular formula is C15H18N4O3S. The summed E-state index contributed by atoms with van der Waals surface area (Å²) in [6.45, 7) is 3.73. The molecule has 0 aliphatic heterocycles. The Hall–Kier alpha value is -2.35. The van der Waals surface area contributed by atoms with Gasteiger partial charge in [-0.05, 0) is 19.4 Å². The van der Waals surface area contributed by atoms with E-state index in [1.54, 1.807) is 19.1 Å². The second-order valence-corrected chi connectivity index (χ2v) is 6.20. The molecular weight excluding hydrogens is 316 g/mol. The molecule has 0 aliphatic carbocycles. The predicted octanol–water partition coefficient (Wildman–Crippen LogP) is 3.74. The van der Waals surface area contributed by atoms with Gasteiger partial charge >= 0.3 is 0 Å². The molecule has 0 saturated heterocycles. The summed E-state index contributed by atoms with van der Waals surface area (Å²) in [5.41, 5.74) is 0.288. The van der Waals surface area contributed by atoms with Crippen LogP contribution < -0.4 is 5.32 Å². The topological polar surface area (TPSA) is 98.0 Å². The Morgan fingerprint density at radius 3 is 2.83 bits per heavy atom. The van der Waals surface area contributed by atoms with Crippen molar-refractivity contribution in [3.8, 4) is 0 Å². The lowest BCUT2D eigenvalue weighted by Crippen LogP contribution is -2.14. The molecule has 0 saturated carbocycles. The Morgan fingerprint density at radius 2 is 2.13 bits per heavy atom. The molecule has 8 heteroatoms. The first-order valence-corrected chi connectivity index (χ1v) is 8.22. The van der Waals surface area contributed by atoms with Gasteiger partial charge < -0.3 is 0 Å². The van der Waals surface area contributed by atoms with Crippen molar-refractivity contribution in [2.75, 3.05) is 5.32 Å². The average Bonchev–Trinajstić information content (AvgIpc) is 2.94. The SMILES string of the molecule is CCCCCc1nnc(NC(=O)c2cccc(C)c2[N+](=O)[O-])s1. The first kappa shape index (κ1) is 17.0. The number of carbonyl (C=O) groups excluding carboxylic acids is 1. The highest BCUT2D eigenvalue weighted by atomic mass is 32.1. The molecule has 122 valence electrons. The van der Waals surface area contributed by atoms with Crippen LogP contribution in [-0.4, -0.2) is 21.0 Å². The van der Waals surface area contributed by atoms with Crippen LogP contribution in [0.4, 0.5) is 10.8 Å². The van der Waals surface area contributed by atoms with E-state index < -0.39 is 10.8 Å². The molecule has 1 heterocycles. The number of unbranched alkanes of at least 4 members (excludes halogenated alkanes) is 2. The molecule has 1 aromatic carbocycles. The molecule has 1 aromatic heterocycles. The van der Waals surface area contributed by atoms with E-state index in [4.69, 9.17) is 0 Å². The molecule has 0 radical (unpaired) electrons. The molecule has 0 spiro atoms. The predicted molar refractivity (Wildman–Crippen MR) is 88.9 cm³/mol. The minimum absolute atomic E-state index is 0.0257. The van der Waals surface area contributed by atoms with Crippen LogP contribution >= 0.6 is 11.3 Å². The number of aromatic nitrogens is 2. The summed E-state index contributed by atoms with van der Waals surface area (Å²) in [6, 6.07) is 4.66. The van der Waals surface area contributed by atoms with Gasteiger partial charge in [0.25, 0.3) is 11.6 Å². The van der Waals surface area contributed by atoms with Gasteiger partial charge in [0.15, 0.2) is 0 Å². The number of nitro benzene ring substituents is 1. The molecule has 2 aromatic rings. The van der Waals surface area contributed by atoms with Gasteiger partial charge in [0, 0.05) is 12.0 Å². The highest BCUT2D eigenvalue weighted by molar-refractivity contribution is 7.15. The first-order chi connectivity index (χ1) is 11.0. The van der Waals surface area contributed by atoms with Crippen LogP contribution in [0.15, 0.2) is 18.2 Å². The van der Waals surface area contributed by atoms with Crippen molar-refractivity contribution < 1.29 is 9.72 Å². The Bertz CT molecular complexity index is 714. The minimum atomic E-state index is -0.545. The number of carbonyl (C=O) groups is 1. The lowest BCUT2D eigenvalue weighted by atomic mass is 10.1. The Balaban J connectivity index is 2.11. The zero-order valence-corrected chi connectivity index (χ0v) is 13.9. The molecule has 0 atom stereocenters. The number of nitrogens with one attached hydrogen (secondary N) is 1. The monoisotopic (exact) mass is 334 g/mol. The maximum absolute atomic E-state index is 12.3. The van der Waals surface area contributed by atoms with Gasteiger partial charge in [0.05, 0.1) is 4.92 Å². The standard InChI is InChI=1S/C15H18N4O3S/c1-3-4-5-9-12-17-18-15(23-12)16-14(20)11-8-6-7-10(2)13(11)19(21)22/h6-8H,3-5,9H2,1-2H3,(H,16,18,20). The lowest BCUT2D eigenvalue weighted by molar-refractivity contribution is -0.385. The van der Waals surface area contributed by atoms with Gasteiger partial charge in [-0.3, -0.25) is 20.2 Å². The fourth-order valence-electron chi connectivity index (χ4n) is 2.18. The number of rotatable bonds is 7. The van der Waals surface area contributed by atoms with E-state index in [-0.39, 0.29) is 11.3 Å². The molecule has 2 rings (SSSR count). The van der Waals surface area contributed by atoms with Crippen LogP contribution in [0.2, 0.25) is 0 Å². The van der Waals surface area contributed by atoms with Crippen molar-refractivity contribution in [1.82, 2.24) is 10.2 Å². The molecule has 0 unspecified atom stereocenters. The highest BCUT2D eigenvalue weighted by Crippen LogP contribution is 2.25. The van der Waals surface area contributed by atoms with Crippen LogP contribution in [0.3, 0.4) is 0 Å². The normalized spacial score (nSPS) is 10.5. The van der Waals surface area contributed by atoms with Crippen molar-refractivity contribution in [2.24, 2.45) is 0 Å². The number of anilines is 1. The molecule has 1 amide bonds. The summed E-state index contributed by atoms with van der Waals surface area (Å²) < 4.78 is 0. The zero-order valence-electron chi connectivity index (χ0n) is 13.0. The van der Waals surface area contributed by atoms with E-state index in [1.807, 2.05) is 0 Å².